The minimum absolute atomic E-state index is 0. The van der Waals surface area contributed by atoms with Crippen LogP contribution in [-0.2, 0) is 33.2 Å². The number of amides is 3. The average molecular weight is 991 g/mol. The van der Waals surface area contributed by atoms with E-state index in [4.69, 9.17) is 31.8 Å². The number of halogens is 2. The minimum Gasteiger partial charge on any atom is -0.480 e. The van der Waals surface area contributed by atoms with Gasteiger partial charge < -0.3 is 46.9 Å². The number of carboxylic acid groups (broad SMARTS) is 1. The molecule has 0 aliphatic carbocycles. The van der Waals surface area contributed by atoms with Crippen LogP contribution >= 0.6 is 9.90 Å². The normalized spacial score (nSPS) is 17.4. The third-order valence-corrected chi connectivity index (χ3v) is 11.0. The summed E-state index contributed by atoms with van der Waals surface area (Å²) in [7, 11) is 3.71. The van der Waals surface area contributed by atoms with E-state index in [0.29, 0.717) is 36.6 Å². The molecule has 20 heteroatoms. The standard InChI is InChI=1S/C24H28FN5O3.C14H12FN3.C10H18N2O4.2CH4.H3P/c1-23(2,3)33-22(32)30-12-11-24(26,14-30)21(31)27-17-9-10-19-18(13-17)20(28-29(19)4)15-5-7-16(25)8-6-15;1-18-13-7-6-11(16)8-12(13)14(17-18)9-2-4-10(15)5-3-9;1-9(2,3)16-8(15)12-5-4-10(11,6-12)7(13)14;;;/h5-10,13H,11-12,14,26H2,1-4H3,(H,27,31);2-8H,16H2,1H3;4-6,11H2,1-3H3,(H,13,14);2*1H4;1H3. The molecule has 380 valence electrons. The summed E-state index contributed by atoms with van der Waals surface area (Å²) in [6, 6.07) is 23.5. The molecule has 0 saturated carbocycles. The smallest absolute Gasteiger partial charge is 0.410 e. The first-order valence-electron chi connectivity index (χ1n) is 21.5. The van der Waals surface area contributed by atoms with Gasteiger partial charge in [-0.05, 0) is 139 Å². The van der Waals surface area contributed by atoms with Crippen LogP contribution in [0.5, 0.6) is 0 Å². The van der Waals surface area contributed by atoms with E-state index in [9.17, 15) is 28.0 Å². The Morgan fingerprint density at radius 2 is 1.06 bits per heavy atom. The number of hydrogen-bond acceptors (Lipinski definition) is 11. The fourth-order valence-electron chi connectivity index (χ4n) is 7.52. The fraction of sp³-hybridized carbons (Fsp3) is 0.400. The molecule has 3 amide bonds. The molecular weight excluding hydrogens is 922 g/mol. The van der Waals surface area contributed by atoms with E-state index >= 15 is 0 Å². The van der Waals surface area contributed by atoms with E-state index in [1.807, 2.05) is 44.4 Å². The Bertz CT molecular complexity index is 2810. The number of aryl methyl sites for hydroxylation is 2. The van der Waals surface area contributed by atoms with Crippen molar-refractivity contribution in [1.82, 2.24) is 29.4 Å². The summed E-state index contributed by atoms with van der Waals surface area (Å²) in [6.07, 6.45) is -0.417. The monoisotopic (exact) mass is 991 g/mol. The van der Waals surface area contributed by atoms with Crippen molar-refractivity contribution >= 4 is 67.1 Å². The van der Waals surface area contributed by atoms with Gasteiger partial charge in [0.25, 0.3) is 0 Å². The number of carboxylic acids is 1. The number of aliphatic carboxylic acids is 1. The van der Waals surface area contributed by atoms with Crippen LogP contribution in [0, 0.1) is 11.6 Å². The Morgan fingerprint density at radius 3 is 1.47 bits per heavy atom. The summed E-state index contributed by atoms with van der Waals surface area (Å²) in [5, 5.41) is 22.6. The molecule has 0 spiro atoms. The van der Waals surface area contributed by atoms with Crippen molar-refractivity contribution in [1.29, 1.82) is 0 Å². The second kappa shape index (κ2) is 22.4. The van der Waals surface area contributed by atoms with Gasteiger partial charge in [-0.25, -0.2) is 18.4 Å². The lowest BCUT2D eigenvalue weighted by molar-refractivity contribution is -0.142. The van der Waals surface area contributed by atoms with Gasteiger partial charge in [0.15, 0.2) is 0 Å². The first-order chi connectivity index (χ1) is 31.2. The number of benzene rings is 4. The fourth-order valence-corrected chi connectivity index (χ4v) is 7.52. The number of nitrogens with two attached hydrogens (primary N) is 3. The molecule has 4 aromatic carbocycles. The number of nitrogens with one attached hydrogen (secondary N) is 1. The summed E-state index contributed by atoms with van der Waals surface area (Å²) >= 11 is 0. The lowest BCUT2D eigenvalue weighted by Crippen LogP contribution is -2.53. The molecule has 3 atom stereocenters. The summed E-state index contributed by atoms with van der Waals surface area (Å²) in [5.74, 6) is -2.03. The van der Waals surface area contributed by atoms with Gasteiger partial charge in [0.2, 0.25) is 5.91 Å². The number of carbonyl (C=O) groups excluding carboxylic acids is 3. The van der Waals surface area contributed by atoms with Crippen LogP contribution in [0.15, 0.2) is 84.9 Å². The maximum atomic E-state index is 13.4. The third kappa shape index (κ3) is 13.8. The zero-order valence-electron chi connectivity index (χ0n) is 39.6. The van der Waals surface area contributed by atoms with Crippen LogP contribution in [0.2, 0.25) is 0 Å². The third-order valence-electron chi connectivity index (χ3n) is 11.0. The zero-order chi connectivity index (χ0) is 49.2. The van der Waals surface area contributed by atoms with Crippen molar-refractivity contribution in [3.63, 3.8) is 0 Å². The Morgan fingerprint density at radius 1 is 0.657 bits per heavy atom. The average Bonchev–Trinajstić information content (AvgIpc) is 4.02. The molecule has 2 fully saturated rings. The van der Waals surface area contributed by atoms with E-state index < -0.39 is 40.4 Å². The Labute approximate surface area is 411 Å². The van der Waals surface area contributed by atoms with Crippen LogP contribution in [0.4, 0.5) is 29.7 Å². The Kier molecular flexibility index (Phi) is 18.4. The minimum atomic E-state index is -1.34. The van der Waals surface area contributed by atoms with Crippen LogP contribution in [0.3, 0.4) is 0 Å². The van der Waals surface area contributed by atoms with Crippen molar-refractivity contribution in [3.05, 3.63) is 96.6 Å². The quantitative estimate of drug-likeness (QED) is 0.0809. The number of anilines is 2. The maximum absolute atomic E-state index is 13.4. The van der Waals surface area contributed by atoms with Crippen molar-refractivity contribution in [3.8, 4) is 22.5 Å². The molecule has 3 unspecified atom stereocenters. The van der Waals surface area contributed by atoms with Gasteiger partial charge in [-0.1, -0.05) is 14.9 Å². The second-order valence-electron chi connectivity index (χ2n) is 18.8. The molecule has 70 heavy (non-hydrogen) atoms. The van der Waals surface area contributed by atoms with Crippen LogP contribution in [0.1, 0.15) is 69.2 Å². The first kappa shape index (κ1) is 57.6. The number of rotatable bonds is 5. The molecule has 8 rings (SSSR count). The summed E-state index contributed by atoms with van der Waals surface area (Å²) in [4.78, 5) is 50.7. The van der Waals surface area contributed by atoms with Crippen LogP contribution < -0.4 is 22.5 Å². The summed E-state index contributed by atoms with van der Waals surface area (Å²) in [6.45, 7) is 11.4. The van der Waals surface area contributed by atoms with Gasteiger partial charge >= 0.3 is 18.2 Å². The number of nitrogens with zero attached hydrogens (tertiary/aromatic N) is 6. The van der Waals surface area contributed by atoms with Gasteiger partial charge in [0.05, 0.1) is 24.1 Å². The van der Waals surface area contributed by atoms with Gasteiger partial charge in [0.1, 0.15) is 45.3 Å². The van der Waals surface area contributed by atoms with E-state index in [1.165, 1.54) is 34.1 Å². The largest absolute Gasteiger partial charge is 0.480 e. The van der Waals surface area contributed by atoms with Gasteiger partial charge in [-0.3, -0.25) is 19.0 Å². The van der Waals surface area contributed by atoms with E-state index in [-0.39, 0.29) is 61.8 Å². The SMILES string of the molecule is C.C.CC(C)(C)OC(=O)N1CCC(N)(C(=O)O)C1.Cn1nc(-c2ccc(F)cc2)c2cc(N)ccc21.Cn1nc(-c2ccc(F)cc2)c2cc(NC(=O)C3(N)CCN(C(=O)OC(C)(C)C)C3)ccc21.P. The highest BCUT2D eigenvalue weighted by Crippen LogP contribution is 2.32. The lowest BCUT2D eigenvalue weighted by Gasteiger charge is -2.26. The molecule has 8 N–H and O–H groups in total. The molecular formula is C50H69F2N10O7P. The summed E-state index contributed by atoms with van der Waals surface area (Å²) < 4.78 is 40.4. The highest BCUT2D eigenvalue weighted by molar-refractivity contribution is 6.92. The van der Waals surface area contributed by atoms with Crippen molar-refractivity contribution in [2.24, 2.45) is 25.6 Å². The lowest BCUT2D eigenvalue weighted by atomic mass is 9.99. The number of ether oxygens (including phenoxy) is 2. The Hall–Kier alpha value is -6.69. The maximum Gasteiger partial charge on any atom is 0.410 e. The van der Waals surface area contributed by atoms with E-state index in [2.05, 4.69) is 15.5 Å². The molecule has 0 bridgehead atoms. The molecule has 4 heterocycles. The van der Waals surface area contributed by atoms with Gasteiger partial charge in [-0.2, -0.15) is 20.1 Å². The van der Waals surface area contributed by atoms with Crippen LogP contribution in [0.25, 0.3) is 44.3 Å². The Balaban J connectivity index is 0.000000298. The summed E-state index contributed by atoms with van der Waals surface area (Å²) in [5.41, 5.74) is 20.3. The van der Waals surface area contributed by atoms with Gasteiger partial charge in [-0.15, -0.1) is 0 Å². The second-order valence-corrected chi connectivity index (χ2v) is 18.8. The van der Waals surface area contributed by atoms with Crippen molar-refractivity contribution < 1.29 is 42.5 Å². The zero-order valence-corrected chi connectivity index (χ0v) is 41.0. The molecule has 2 aliphatic heterocycles. The molecule has 0 radical (unpaired) electrons. The van der Waals surface area contributed by atoms with E-state index in [0.717, 1.165) is 38.6 Å². The highest BCUT2D eigenvalue weighted by Gasteiger charge is 2.45. The first-order valence-corrected chi connectivity index (χ1v) is 21.5. The molecule has 2 saturated heterocycles. The molecule has 17 nitrogen and oxygen atoms in total. The number of aromatic nitrogens is 4. The number of likely N-dealkylation sites (tertiary alicyclic amines) is 2. The predicted molar refractivity (Wildman–Crippen MR) is 276 cm³/mol. The van der Waals surface area contributed by atoms with Crippen molar-refractivity contribution in [2.45, 2.75) is 91.5 Å². The highest BCUT2D eigenvalue weighted by atomic mass is 31.0. The van der Waals surface area contributed by atoms with E-state index in [1.54, 1.807) is 81.2 Å². The number of nitrogen functional groups attached to an aromatic ring is 1. The number of hydrogen-bond donors (Lipinski definition) is 5. The van der Waals surface area contributed by atoms with Gasteiger partial charge in [0, 0.05) is 60.5 Å². The molecule has 6 aromatic rings. The van der Waals surface area contributed by atoms with Crippen molar-refractivity contribution in [2.75, 3.05) is 37.2 Å². The number of fused-ring (bicyclic) bond motifs is 2. The molecule has 2 aliphatic rings. The molecule has 2 aromatic heterocycles. The topological polar surface area (TPSA) is 239 Å². The van der Waals surface area contributed by atoms with Crippen LogP contribution in [-0.4, -0.2) is 107 Å². The predicted octanol–water partition coefficient (Wildman–Crippen LogP) is 8.36. The number of carbonyl (C=O) groups is 4.